The minimum atomic E-state index is -0.417. The first-order valence-electron chi connectivity index (χ1n) is 5.34. The zero-order valence-electron chi connectivity index (χ0n) is 9.68. The Morgan fingerprint density at radius 3 is 2.59 bits per heavy atom. The molecule has 0 spiro atoms. The fraction of sp³-hybridized carbons (Fsp3) is 0.250. The summed E-state index contributed by atoms with van der Waals surface area (Å²) >= 11 is 0. The third-order valence-electron chi connectivity index (χ3n) is 2.50. The standard InChI is InChI=1S/C12H13N3O2/c1-8-11(13-9(2)16)14-15(12(8)17)10-6-4-3-5-7-10/h3-8H,1-2H3,(H,13,14,16). The Morgan fingerprint density at radius 1 is 1.35 bits per heavy atom. The summed E-state index contributed by atoms with van der Waals surface area (Å²) in [4.78, 5) is 22.9. The third kappa shape index (κ3) is 2.18. The Morgan fingerprint density at radius 2 is 2.00 bits per heavy atom. The average molecular weight is 231 g/mol. The van der Waals surface area contributed by atoms with Crippen molar-refractivity contribution in [2.75, 3.05) is 5.01 Å². The number of para-hydroxylation sites is 1. The lowest BCUT2D eigenvalue weighted by Crippen LogP contribution is -2.33. The molecule has 5 nitrogen and oxygen atoms in total. The molecule has 1 heterocycles. The molecule has 0 saturated heterocycles. The second-order valence-electron chi connectivity index (χ2n) is 3.87. The monoisotopic (exact) mass is 231 g/mol. The van der Waals surface area contributed by atoms with Crippen LogP contribution in [0.1, 0.15) is 13.8 Å². The fourth-order valence-electron chi connectivity index (χ4n) is 1.61. The Labute approximate surface area is 99.1 Å². The van der Waals surface area contributed by atoms with Crippen LogP contribution in [0.2, 0.25) is 0 Å². The molecule has 2 amide bonds. The van der Waals surface area contributed by atoms with Crippen LogP contribution in [-0.2, 0) is 9.59 Å². The van der Waals surface area contributed by atoms with Crippen molar-refractivity contribution in [3.63, 3.8) is 0 Å². The number of carbonyl (C=O) groups is 2. The van der Waals surface area contributed by atoms with Crippen molar-refractivity contribution in [3.05, 3.63) is 30.3 Å². The van der Waals surface area contributed by atoms with E-state index in [1.807, 2.05) is 18.2 Å². The van der Waals surface area contributed by atoms with Gasteiger partial charge in [0.25, 0.3) is 5.91 Å². The molecule has 5 heteroatoms. The van der Waals surface area contributed by atoms with E-state index in [1.54, 1.807) is 19.1 Å². The second-order valence-corrected chi connectivity index (χ2v) is 3.87. The van der Waals surface area contributed by atoms with Gasteiger partial charge in [-0.05, 0) is 19.1 Å². The zero-order chi connectivity index (χ0) is 12.4. The van der Waals surface area contributed by atoms with Crippen molar-refractivity contribution in [2.45, 2.75) is 13.8 Å². The lowest BCUT2D eigenvalue weighted by Gasteiger charge is -2.11. The Balaban J connectivity index is 2.28. The van der Waals surface area contributed by atoms with E-state index in [2.05, 4.69) is 10.4 Å². The lowest BCUT2D eigenvalue weighted by atomic mass is 10.1. The zero-order valence-corrected chi connectivity index (χ0v) is 9.68. The van der Waals surface area contributed by atoms with Crippen LogP contribution >= 0.6 is 0 Å². The molecule has 1 unspecified atom stereocenters. The number of carbonyl (C=O) groups excluding carboxylic acids is 2. The van der Waals surface area contributed by atoms with Crippen LogP contribution in [0, 0.1) is 5.92 Å². The minimum Gasteiger partial charge on any atom is -0.312 e. The first-order chi connectivity index (χ1) is 8.09. The van der Waals surface area contributed by atoms with Crippen LogP contribution in [0.4, 0.5) is 5.69 Å². The summed E-state index contributed by atoms with van der Waals surface area (Å²) in [5.74, 6) is -0.385. The number of rotatable bonds is 1. The van der Waals surface area contributed by atoms with Crippen LogP contribution in [0.5, 0.6) is 0 Å². The Kier molecular flexibility index (Phi) is 2.91. The summed E-state index contributed by atoms with van der Waals surface area (Å²) in [5, 5.41) is 8.01. The van der Waals surface area contributed by atoms with Gasteiger partial charge in [0.15, 0.2) is 0 Å². The molecule has 17 heavy (non-hydrogen) atoms. The molecule has 0 saturated carbocycles. The van der Waals surface area contributed by atoms with Gasteiger partial charge in [-0.15, -0.1) is 0 Å². The molecular formula is C12H13N3O2. The van der Waals surface area contributed by atoms with Crippen molar-refractivity contribution in [1.82, 2.24) is 5.32 Å². The van der Waals surface area contributed by atoms with Gasteiger partial charge in [-0.25, -0.2) is 0 Å². The Bertz CT molecular complexity index is 482. The minimum absolute atomic E-state index is 0.139. The highest BCUT2D eigenvalue weighted by Crippen LogP contribution is 2.22. The smallest absolute Gasteiger partial charge is 0.257 e. The van der Waals surface area contributed by atoms with Crippen molar-refractivity contribution in [2.24, 2.45) is 11.0 Å². The number of nitrogens with one attached hydrogen (secondary N) is 1. The van der Waals surface area contributed by atoms with E-state index in [0.717, 1.165) is 0 Å². The predicted octanol–water partition coefficient (Wildman–Crippen LogP) is 1.12. The summed E-state index contributed by atoms with van der Waals surface area (Å²) in [6, 6.07) is 9.12. The van der Waals surface area contributed by atoms with E-state index in [0.29, 0.717) is 11.5 Å². The third-order valence-corrected chi connectivity index (χ3v) is 2.50. The first kappa shape index (κ1) is 11.3. The number of hydrogen-bond donors (Lipinski definition) is 1. The molecule has 2 rings (SSSR count). The highest BCUT2D eigenvalue weighted by Gasteiger charge is 2.33. The molecule has 1 aliphatic rings. The quantitative estimate of drug-likeness (QED) is 0.787. The molecule has 0 bridgehead atoms. The van der Waals surface area contributed by atoms with E-state index >= 15 is 0 Å². The molecule has 1 aromatic rings. The number of amides is 2. The summed E-state index contributed by atoms with van der Waals surface area (Å²) < 4.78 is 0. The second kappa shape index (κ2) is 4.37. The summed E-state index contributed by atoms with van der Waals surface area (Å²) in [7, 11) is 0. The number of hydrogen-bond acceptors (Lipinski definition) is 3. The van der Waals surface area contributed by atoms with Gasteiger partial charge in [-0.2, -0.15) is 10.1 Å². The van der Waals surface area contributed by atoms with Crippen molar-refractivity contribution >= 4 is 23.3 Å². The molecule has 0 fully saturated rings. The van der Waals surface area contributed by atoms with Crippen LogP contribution in [0.15, 0.2) is 35.4 Å². The van der Waals surface area contributed by atoms with Gasteiger partial charge >= 0.3 is 0 Å². The number of hydrazone groups is 1. The molecule has 1 aliphatic heterocycles. The topological polar surface area (TPSA) is 61.8 Å². The number of anilines is 1. The van der Waals surface area contributed by atoms with Crippen molar-refractivity contribution in [3.8, 4) is 0 Å². The van der Waals surface area contributed by atoms with Crippen LogP contribution in [-0.4, -0.2) is 17.6 Å². The van der Waals surface area contributed by atoms with E-state index in [-0.39, 0.29) is 11.8 Å². The number of benzene rings is 1. The highest BCUT2D eigenvalue weighted by atomic mass is 16.2. The van der Waals surface area contributed by atoms with Gasteiger partial charge in [0.1, 0.15) is 5.84 Å². The largest absolute Gasteiger partial charge is 0.312 e. The predicted molar refractivity (Wildman–Crippen MR) is 64.3 cm³/mol. The van der Waals surface area contributed by atoms with Crippen LogP contribution in [0.3, 0.4) is 0 Å². The molecule has 0 aliphatic carbocycles. The maximum absolute atomic E-state index is 12.0. The SMILES string of the molecule is CC(=O)NC1=NN(c2ccccc2)C(=O)C1C. The maximum atomic E-state index is 12.0. The molecule has 1 N–H and O–H groups in total. The van der Waals surface area contributed by atoms with Crippen molar-refractivity contribution < 1.29 is 9.59 Å². The maximum Gasteiger partial charge on any atom is 0.257 e. The van der Waals surface area contributed by atoms with E-state index in [1.165, 1.54) is 11.9 Å². The molecule has 0 aromatic heterocycles. The van der Waals surface area contributed by atoms with Gasteiger partial charge in [-0.3, -0.25) is 9.59 Å². The highest BCUT2D eigenvalue weighted by molar-refractivity contribution is 6.17. The normalized spacial score (nSPS) is 19.2. The van der Waals surface area contributed by atoms with E-state index < -0.39 is 5.92 Å². The molecular weight excluding hydrogens is 218 g/mol. The summed E-state index contributed by atoms with van der Waals surface area (Å²) in [5.41, 5.74) is 0.699. The molecule has 1 atom stereocenters. The van der Waals surface area contributed by atoms with Gasteiger partial charge in [0.05, 0.1) is 11.6 Å². The lowest BCUT2D eigenvalue weighted by molar-refractivity contribution is -0.119. The molecule has 88 valence electrons. The van der Waals surface area contributed by atoms with Gasteiger partial charge in [0, 0.05) is 6.92 Å². The van der Waals surface area contributed by atoms with Gasteiger partial charge < -0.3 is 5.32 Å². The number of amidine groups is 1. The fourth-order valence-corrected chi connectivity index (χ4v) is 1.61. The van der Waals surface area contributed by atoms with Crippen LogP contribution in [0.25, 0.3) is 0 Å². The van der Waals surface area contributed by atoms with Crippen molar-refractivity contribution in [1.29, 1.82) is 0 Å². The Hall–Kier alpha value is -2.17. The molecule has 1 aromatic carbocycles. The first-order valence-corrected chi connectivity index (χ1v) is 5.34. The van der Waals surface area contributed by atoms with Crippen LogP contribution < -0.4 is 10.3 Å². The molecule has 0 radical (unpaired) electrons. The van der Waals surface area contributed by atoms with Gasteiger partial charge in [0.2, 0.25) is 5.91 Å². The average Bonchev–Trinajstić information content (AvgIpc) is 2.58. The van der Waals surface area contributed by atoms with Gasteiger partial charge in [-0.1, -0.05) is 18.2 Å². The number of nitrogens with zero attached hydrogens (tertiary/aromatic N) is 2. The van der Waals surface area contributed by atoms with E-state index in [4.69, 9.17) is 0 Å². The van der Waals surface area contributed by atoms with E-state index in [9.17, 15) is 9.59 Å². The summed E-state index contributed by atoms with van der Waals surface area (Å²) in [6.45, 7) is 3.12. The summed E-state index contributed by atoms with van der Waals surface area (Å²) in [6.07, 6.45) is 0.